The number of fused-ring (bicyclic) bond motifs is 1. The van der Waals surface area contributed by atoms with Crippen LogP contribution in [0.5, 0.6) is 0 Å². The van der Waals surface area contributed by atoms with Crippen LogP contribution in [-0.4, -0.2) is 53.5 Å². The lowest BCUT2D eigenvalue weighted by Gasteiger charge is -2.11. The van der Waals surface area contributed by atoms with Crippen LogP contribution in [0.4, 0.5) is 0 Å². The molecule has 0 bridgehead atoms. The first kappa shape index (κ1) is 20.3. The highest BCUT2D eigenvalue weighted by atomic mass is 32.2. The van der Waals surface area contributed by atoms with Gasteiger partial charge in [0.25, 0.3) is 0 Å². The lowest BCUT2D eigenvalue weighted by molar-refractivity contribution is 0.0558. The third-order valence-corrected chi connectivity index (χ3v) is 5.97. The minimum absolute atomic E-state index is 0.219. The zero-order chi connectivity index (χ0) is 22.0. The highest BCUT2D eigenvalue weighted by molar-refractivity contribution is 7.88. The van der Waals surface area contributed by atoms with Gasteiger partial charge in [-0.05, 0) is 30.3 Å². The molecule has 0 unspecified atom stereocenters. The molecule has 4 heterocycles. The maximum Gasteiger partial charge on any atom is 0.374 e. The summed E-state index contributed by atoms with van der Waals surface area (Å²) in [5.74, 6) is -0.995. The number of methoxy groups -OCH3 is 1. The lowest BCUT2D eigenvalue weighted by Crippen LogP contribution is -2.21. The maximum absolute atomic E-state index is 12.7. The van der Waals surface area contributed by atoms with Crippen molar-refractivity contribution in [1.29, 1.82) is 0 Å². The first-order chi connectivity index (χ1) is 14.9. The van der Waals surface area contributed by atoms with Gasteiger partial charge in [-0.25, -0.2) is 9.78 Å². The van der Waals surface area contributed by atoms with E-state index in [0.29, 0.717) is 11.3 Å². The Morgan fingerprint density at radius 2 is 2.03 bits per heavy atom. The molecule has 0 amide bonds. The number of nitrogens with zero attached hydrogens (tertiary/aromatic N) is 5. The van der Waals surface area contributed by atoms with Crippen molar-refractivity contribution >= 4 is 27.9 Å². The molecule has 0 fully saturated rings. The fraction of sp³-hybridized carbons (Fsp3) is 0.100. The van der Waals surface area contributed by atoms with Crippen LogP contribution in [0.15, 0.2) is 75.8 Å². The van der Waals surface area contributed by atoms with Crippen LogP contribution in [0.3, 0.4) is 0 Å². The van der Waals surface area contributed by atoms with Crippen molar-refractivity contribution in [2.75, 3.05) is 14.2 Å². The Morgan fingerprint density at radius 1 is 1.19 bits per heavy atom. The molecular formula is C20H17N5O5S. The van der Waals surface area contributed by atoms with Gasteiger partial charge in [-0.15, -0.1) is 0 Å². The number of furan rings is 1. The topological polar surface area (TPSA) is 119 Å². The van der Waals surface area contributed by atoms with Crippen molar-refractivity contribution in [3.63, 3.8) is 0 Å². The van der Waals surface area contributed by atoms with E-state index in [1.165, 1.54) is 32.5 Å². The van der Waals surface area contributed by atoms with E-state index in [9.17, 15) is 13.2 Å². The van der Waals surface area contributed by atoms with Crippen molar-refractivity contribution in [1.82, 2.24) is 18.8 Å². The van der Waals surface area contributed by atoms with Crippen molar-refractivity contribution in [2.24, 2.45) is 5.10 Å². The number of pyridine rings is 2. The first-order valence-electron chi connectivity index (χ1n) is 8.99. The lowest BCUT2D eigenvalue weighted by atomic mass is 10.1. The van der Waals surface area contributed by atoms with Gasteiger partial charge in [-0.2, -0.15) is 17.9 Å². The van der Waals surface area contributed by atoms with E-state index in [2.05, 4.69) is 19.8 Å². The Kier molecular flexibility index (Phi) is 5.26. The van der Waals surface area contributed by atoms with E-state index in [1.54, 1.807) is 23.0 Å². The predicted octanol–water partition coefficient (Wildman–Crippen LogP) is 2.43. The fourth-order valence-electron chi connectivity index (χ4n) is 2.80. The van der Waals surface area contributed by atoms with Crippen molar-refractivity contribution in [2.45, 2.75) is 5.09 Å². The Bertz CT molecular complexity index is 1380. The molecule has 158 valence electrons. The molecule has 4 rings (SSSR count). The van der Waals surface area contributed by atoms with Crippen LogP contribution in [0.25, 0.3) is 16.8 Å². The summed E-state index contributed by atoms with van der Waals surface area (Å²) in [6, 6.07) is 9.94. The van der Waals surface area contributed by atoms with Crippen LogP contribution in [0, 0.1) is 0 Å². The van der Waals surface area contributed by atoms with Crippen LogP contribution in [0.2, 0.25) is 0 Å². The molecule has 10 nitrogen and oxygen atoms in total. The van der Waals surface area contributed by atoms with Gasteiger partial charge in [0.15, 0.2) is 0 Å². The molecule has 0 N–H and O–H groups in total. The van der Waals surface area contributed by atoms with Gasteiger partial charge >= 0.3 is 16.0 Å². The maximum atomic E-state index is 12.7. The third-order valence-electron chi connectivity index (χ3n) is 4.45. The molecule has 0 aliphatic heterocycles. The number of esters is 1. The number of aromatic nitrogens is 3. The Labute approximate surface area is 177 Å². The van der Waals surface area contributed by atoms with E-state index in [1.807, 2.05) is 30.5 Å². The van der Waals surface area contributed by atoms with E-state index in [0.717, 1.165) is 15.5 Å². The number of imidazole rings is 1. The molecular weight excluding hydrogens is 422 g/mol. The zero-order valence-electron chi connectivity index (χ0n) is 16.5. The predicted molar refractivity (Wildman–Crippen MR) is 111 cm³/mol. The molecule has 0 atom stereocenters. The summed E-state index contributed by atoms with van der Waals surface area (Å²) in [6.45, 7) is 0. The molecule has 4 aromatic rings. The van der Waals surface area contributed by atoms with Gasteiger partial charge < -0.3 is 9.15 Å². The van der Waals surface area contributed by atoms with Gasteiger partial charge in [0, 0.05) is 36.8 Å². The number of hydrazone groups is 1. The molecule has 0 aliphatic rings. The Morgan fingerprint density at radius 3 is 2.77 bits per heavy atom. The molecule has 0 radical (unpaired) electrons. The second-order valence-corrected chi connectivity index (χ2v) is 8.25. The summed E-state index contributed by atoms with van der Waals surface area (Å²) in [6.07, 6.45) is 8.26. The number of ether oxygens (including phenoxy) is 1. The van der Waals surface area contributed by atoms with Crippen molar-refractivity contribution in [3.8, 4) is 11.1 Å². The number of hydrogen-bond donors (Lipinski definition) is 0. The number of rotatable bonds is 6. The van der Waals surface area contributed by atoms with E-state index in [-0.39, 0.29) is 5.76 Å². The van der Waals surface area contributed by atoms with Gasteiger partial charge in [0.05, 0.1) is 25.2 Å². The SMILES string of the molecule is COC(=O)c1ccc(S(=O)(=O)N(C)N=Cc2cnc3ccc(-c4cccnc4)cn23)o1. The molecule has 0 aliphatic carbocycles. The largest absolute Gasteiger partial charge is 0.463 e. The molecule has 0 spiro atoms. The Hall–Kier alpha value is -3.99. The smallest absolute Gasteiger partial charge is 0.374 e. The highest BCUT2D eigenvalue weighted by Crippen LogP contribution is 2.20. The summed E-state index contributed by atoms with van der Waals surface area (Å²) in [4.78, 5) is 19.9. The molecule has 0 aromatic carbocycles. The first-order valence-corrected chi connectivity index (χ1v) is 10.4. The number of hydrogen-bond acceptors (Lipinski definition) is 8. The van der Waals surface area contributed by atoms with Crippen molar-refractivity contribution in [3.05, 3.63) is 72.6 Å². The van der Waals surface area contributed by atoms with Gasteiger partial charge in [-0.1, -0.05) is 6.07 Å². The minimum atomic E-state index is -4.09. The van der Waals surface area contributed by atoms with E-state index < -0.39 is 21.1 Å². The van der Waals surface area contributed by atoms with E-state index in [4.69, 9.17) is 4.42 Å². The summed E-state index contributed by atoms with van der Waals surface area (Å²) in [5.41, 5.74) is 3.09. The number of sulfonamides is 1. The van der Waals surface area contributed by atoms with Crippen LogP contribution < -0.4 is 0 Å². The van der Waals surface area contributed by atoms with Gasteiger partial charge in [0.1, 0.15) is 5.65 Å². The summed E-state index contributed by atoms with van der Waals surface area (Å²) in [7, 11) is -1.66. The molecule has 4 aromatic heterocycles. The highest BCUT2D eigenvalue weighted by Gasteiger charge is 2.25. The van der Waals surface area contributed by atoms with Crippen LogP contribution >= 0.6 is 0 Å². The van der Waals surface area contributed by atoms with Crippen LogP contribution in [-0.2, 0) is 14.8 Å². The summed E-state index contributed by atoms with van der Waals surface area (Å²) < 4.78 is 37.5. The molecule has 0 saturated carbocycles. The second kappa shape index (κ2) is 8.03. The summed E-state index contributed by atoms with van der Waals surface area (Å²) in [5, 5.41) is 3.59. The normalized spacial score (nSPS) is 11.8. The second-order valence-electron chi connectivity index (χ2n) is 6.36. The fourth-order valence-corrected chi connectivity index (χ4v) is 3.67. The van der Waals surface area contributed by atoms with Gasteiger partial charge in [0.2, 0.25) is 10.9 Å². The zero-order valence-corrected chi connectivity index (χ0v) is 17.4. The van der Waals surface area contributed by atoms with Gasteiger partial charge in [-0.3, -0.25) is 9.38 Å². The third kappa shape index (κ3) is 3.90. The Balaban J connectivity index is 1.61. The monoisotopic (exact) mass is 439 g/mol. The molecule has 11 heteroatoms. The molecule has 31 heavy (non-hydrogen) atoms. The van der Waals surface area contributed by atoms with Crippen molar-refractivity contribution < 1.29 is 22.4 Å². The number of carbonyl (C=O) groups excluding carboxylic acids is 1. The average molecular weight is 439 g/mol. The quantitative estimate of drug-likeness (QED) is 0.257. The minimum Gasteiger partial charge on any atom is -0.463 e. The average Bonchev–Trinajstić information content (AvgIpc) is 3.45. The number of carbonyl (C=O) groups is 1. The van der Waals surface area contributed by atoms with E-state index >= 15 is 0 Å². The molecule has 0 saturated heterocycles. The standard InChI is InChI=1S/C20H17N5O5S/c1-24(31(27,28)19-8-6-17(30-19)20(26)29-2)23-12-16-11-22-18-7-5-15(13-25(16)18)14-4-3-9-21-10-14/h3-13H,1-2H3. The summed E-state index contributed by atoms with van der Waals surface area (Å²) >= 11 is 0. The van der Waals surface area contributed by atoms with Crippen LogP contribution in [0.1, 0.15) is 16.2 Å².